The molecule has 1 aromatic carbocycles. The molecule has 0 bridgehead atoms. The molecule has 14 heavy (non-hydrogen) atoms. The Kier molecular flexibility index (Phi) is 3.64. The maximum Gasteiger partial charge on any atom is 0.488 e. The van der Waals surface area contributed by atoms with Crippen LogP contribution in [0.3, 0.4) is 0 Å². The SMILES string of the molecule is O=C(NCO)c1ccc(B(O)O)cc1. The molecule has 74 valence electrons. The Morgan fingerprint density at radius 2 is 1.86 bits per heavy atom. The normalized spacial score (nSPS) is 9.64. The highest BCUT2D eigenvalue weighted by Crippen LogP contribution is 1.96. The van der Waals surface area contributed by atoms with Crippen LogP contribution in [0.4, 0.5) is 0 Å². The molecule has 0 unspecified atom stereocenters. The van der Waals surface area contributed by atoms with E-state index in [0.717, 1.165) is 0 Å². The molecule has 0 saturated heterocycles. The maximum absolute atomic E-state index is 11.1. The zero-order valence-electron chi connectivity index (χ0n) is 7.34. The van der Waals surface area contributed by atoms with Crippen molar-refractivity contribution in [2.75, 3.05) is 6.73 Å². The second-order valence-electron chi connectivity index (χ2n) is 2.66. The van der Waals surface area contributed by atoms with E-state index in [-0.39, 0.29) is 0 Å². The lowest BCUT2D eigenvalue weighted by Gasteiger charge is -2.02. The van der Waals surface area contributed by atoms with E-state index in [0.29, 0.717) is 11.0 Å². The van der Waals surface area contributed by atoms with E-state index in [2.05, 4.69) is 5.32 Å². The summed E-state index contributed by atoms with van der Waals surface area (Å²) < 4.78 is 0. The first-order valence-corrected chi connectivity index (χ1v) is 4.00. The van der Waals surface area contributed by atoms with Gasteiger partial charge in [-0.2, -0.15) is 0 Å². The summed E-state index contributed by atoms with van der Waals surface area (Å²) in [6.07, 6.45) is 0. The van der Waals surface area contributed by atoms with E-state index in [9.17, 15) is 4.79 Å². The lowest BCUT2D eigenvalue weighted by molar-refractivity contribution is 0.0910. The van der Waals surface area contributed by atoms with Crippen LogP contribution in [0.25, 0.3) is 0 Å². The van der Waals surface area contributed by atoms with Gasteiger partial charge in [0.1, 0.15) is 6.73 Å². The molecule has 0 aliphatic carbocycles. The number of hydrogen-bond donors (Lipinski definition) is 4. The maximum atomic E-state index is 11.1. The molecule has 0 aliphatic heterocycles. The summed E-state index contributed by atoms with van der Waals surface area (Å²) in [7, 11) is -1.54. The second kappa shape index (κ2) is 4.76. The number of benzene rings is 1. The van der Waals surface area contributed by atoms with Crippen LogP contribution >= 0.6 is 0 Å². The summed E-state index contributed by atoms with van der Waals surface area (Å²) in [6, 6.07) is 5.74. The van der Waals surface area contributed by atoms with Crippen LogP contribution in [0.5, 0.6) is 0 Å². The van der Waals surface area contributed by atoms with Crippen LogP contribution in [-0.2, 0) is 0 Å². The zero-order chi connectivity index (χ0) is 10.6. The van der Waals surface area contributed by atoms with Gasteiger partial charge < -0.3 is 20.5 Å². The van der Waals surface area contributed by atoms with Gasteiger partial charge in [0.2, 0.25) is 0 Å². The first kappa shape index (κ1) is 10.7. The number of carbonyl (C=O) groups excluding carboxylic acids is 1. The molecule has 0 heterocycles. The molecule has 0 radical (unpaired) electrons. The van der Waals surface area contributed by atoms with E-state index in [1.807, 2.05) is 0 Å². The Labute approximate surface area is 81.1 Å². The number of rotatable bonds is 3. The lowest BCUT2D eigenvalue weighted by atomic mass is 9.80. The first-order valence-electron chi connectivity index (χ1n) is 4.00. The van der Waals surface area contributed by atoms with Gasteiger partial charge in [0, 0.05) is 5.56 Å². The quantitative estimate of drug-likeness (QED) is 0.333. The summed E-state index contributed by atoms with van der Waals surface area (Å²) >= 11 is 0. The molecule has 5 nitrogen and oxygen atoms in total. The van der Waals surface area contributed by atoms with Gasteiger partial charge in [-0.15, -0.1) is 0 Å². The molecule has 1 amide bonds. The highest BCUT2D eigenvalue weighted by Gasteiger charge is 2.11. The van der Waals surface area contributed by atoms with Crippen molar-refractivity contribution in [1.29, 1.82) is 0 Å². The van der Waals surface area contributed by atoms with E-state index in [1.165, 1.54) is 24.3 Å². The molecule has 1 rings (SSSR count). The van der Waals surface area contributed by atoms with Gasteiger partial charge in [-0.1, -0.05) is 12.1 Å². The Hall–Kier alpha value is -1.37. The molecule has 0 aromatic heterocycles. The highest BCUT2D eigenvalue weighted by molar-refractivity contribution is 6.58. The Balaban J connectivity index is 2.78. The van der Waals surface area contributed by atoms with Crippen LogP contribution in [0.1, 0.15) is 10.4 Å². The van der Waals surface area contributed by atoms with Crippen LogP contribution in [0.15, 0.2) is 24.3 Å². The minimum atomic E-state index is -1.54. The van der Waals surface area contributed by atoms with Gasteiger partial charge in [0.15, 0.2) is 0 Å². The number of amides is 1. The van der Waals surface area contributed by atoms with Crippen molar-refractivity contribution in [3.63, 3.8) is 0 Å². The van der Waals surface area contributed by atoms with Crippen molar-refractivity contribution in [2.45, 2.75) is 0 Å². The third-order valence-corrected chi connectivity index (χ3v) is 1.71. The third kappa shape index (κ3) is 2.56. The topological polar surface area (TPSA) is 89.8 Å². The van der Waals surface area contributed by atoms with Gasteiger partial charge in [0.05, 0.1) is 0 Å². The fourth-order valence-corrected chi connectivity index (χ4v) is 0.980. The minimum Gasteiger partial charge on any atom is -0.423 e. The fourth-order valence-electron chi connectivity index (χ4n) is 0.980. The average molecular weight is 195 g/mol. The van der Waals surface area contributed by atoms with Gasteiger partial charge >= 0.3 is 7.12 Å². The zero-order valence-corrected chi connectivity index (χ0v) is 7.34. The monoisotopic (exact) mass is 195 g/mol. The second-order valence-corrected chi connectivity index (χ2v) is 2.66. The van der Waals surface area contributed by atoms with E-state index < -0.39 is 19.8 Å². The molecular weight excluding hydrogens is 185 g/mol. The summed E-state index contributed by atoms with van der Waals surface area (Å²) in [6.45, 7) is -0.427. The van der Waals surface area contributed by atoms with Crippen molar-refractivity contribution in [2.24, 2.45) is 0 Å². The van der Waals surface area contributed by atoms with Crippen molar-refractivity contribution >= 4 is 18.5 Å². The van der Waals surface area contributed by atoms with Gasteiger partial charge in [0.25, 0.3) is 5.91 Å². The highest BCUT2D eigenvalue weighted by atomic mass is 16.4. The Morgan fingerprint density at radius 1 is 1.29 bits per heavy atom. The largest absolute Gasteiger partial charge is 0.488 e. The van der Waals surface area contributed by atoms with Crippen molar-refractivity contribution in [3.05, 3.63) is 29.8 Å². The minimum absolute atomic E-state index is 0.311. The van der Waals surface area contributed by atoms with E-state index in [1.54, 1.807) is 0 Å². The van der Waals surface area contributed by atoms with Gasteiger partial charge in [-0.05, 0) is 17.6 Å². The number of hydrogen-bond acceptors (Lipinski definition) is 4. The van der Waals surface area contributed by atoms with E-state index in [4.69, 9.17) is 15.2 Å². The molecule has 6 heteroatoms. The summed E-state index contributed by atoms with van der Waals surface area (Å²) in [5.41, 5.74) is 0.661. The van der Waals surface area contributed by atoms with Gasteiger partial charge in [-0.3, -0.25) is 4.79 Å². The average Bonchev–Trinajstić information content (AvgIpc) is 2.18. The number of aliphatic hydroxyl groups is 1. The number of aliphatic hydroxyl groups excluding tert-OH is 1. The Morgan fingerprint density at radius 3 is 2.29 bits per heavy atom. The molecule has 0 fully saturated rings. The standard InChI is InChI=1S/C8H10BNO4/c11-5-10-8(12)6-1-3-7(4-2-6)9(13)14/h1-4,11,13-14H,5H2,(H,10,12). The molecule has 4 N–H and O–H groups in total. The molecule has 1 aromatic rings. The van der Waals surface area contributed by atoms with Crippen LogP contribution in [-0.4, -0.2) is 34.9 Å². The Bertz CT molecular complexity index is 312. The molecular formula is C8H10BNO4. The predicted molar refractivity (Wildman–Crippen MR) is 50.8 cm³/mol. The summed E-state index contributed by atoms with van der Waals surface area (Å²) in [5, 5.41) is 28.2. The summed E-state index contributed by atoms with van der Waals surface area (Å²) in [5.74, 6) is -0.411. The molecule has 0 saturated carbocycles. The lowest BCUT2D eigenvalue weighted by Crippen LogP contribution is -2.30. The van der Waals surface area contributed by atoms with Crippen molar-refractivity contribution < 1.29 is 19.9 Å². The third-order valence-electron chi connectivity index (χ3n) is 1.71. The van der Waals surface area contributed by atoms with Gasteiger partial charge in [-0.25, -0.2) is 0 Å². The van der Waals surface area contributed by atoms with Crippen molar-refractivity contribution in [3.8, 4) is 0 Å². The summed E-state index contributed by atoms with van der Waals surface area (Å²) in [4.78, 5) is 11.1. The smallest absolute Gasteiger partial charge is 0.423 e. The fraction of sp³-hybridized carbons (Fsp3) is 0.125. The van der Waals surface area contributed by atoms with Crippen LogP contribution in [0.2, 0.25) is 0 Å². The van der Waals surface area contributed by atoms with Crippen molar-refractivity contribution in [1.82, 2.24) is 5.32 Å². The molecule has 0 aliphatic rings. The van der Waals surface area contributed by atoms with Crippen LogP contribution < -0.4 is 10.8 Å². The van der Waals surface area contributed by atoms with Crippen LogP contribution in [0, 0.1) is 0 Å². The van der Waals surface area contributed by atoms with E-state index >= 15 is 0 Å². The number of carbonyl (C=O) groups is 1. The molecule has 0 spiro atoms. The predicted octanol–water partition coefficient (Wildman–Crippen LogP) is -1.95. The first-order chi connectivity index (χ1) is 6.65. The molecule has 0 atom stereocenters. The number of nitrogens with one attached hydrogen (secondary N) is 1.